The zero-order valence-corrected chi connectivity index (χ0v) is 18.5. The summed E-state index contributed by atoms with van der Waals surface area (Å²) in [6, 6.07) is 14.5. The predicted octanol–water partition coefficient (Wildman–Crippen LogP) is 3.88. The van der Waals surface area contributed by atoms with Crippen LogP contribution in [0, 0.1) is 0 Å². The minimum absolute atomic E-state index is 0.168. The van der Waals surface area contributed by atoms with Crippen LogP contribution in [0.2, 0.25) is 0 Å². The summed E-state index contributed by atoms with van der Waals surface area (Å²) in [7, 11) is 5.84. The van der Waals surface area contributed by atoms with Gasteiger partial charge in [-0.05, 0) is 48.5 Å². The number of ether oxygens (including phenoxy) is 4. The van der Waals surface area contributed by atoms with E-state index in [1.54, 1.807) is 38.5 Å². The second kappa shape index (κ2) is 10.4. The lowest BCUT2D eigenvalue weighted by molar-refractivity contribution is -0.137. The van der Waals surface area contributed by atoms with Crippen molar-refractivity contribution >= 4 is 23.3 Å². The van der Waals surface area contributed by atoms with Gasteiger partial charge in [0.25, 0.3) is 0 Å². The van der Waals surface area contributed by atoms with Crippen molar-refractivity contribution in [1.82, 2.24) is 0 Å². The number of hydrogen-bond acceptors (Lipinski definition) is 8. The molecular formula is C24H26N2O6. The number of carbonyl (C=O) groups is 2. The Morgan fingerprint density at radius 2 is 0.969 bits per heavy atom. The van der Waals surface area contributed by atoms with Gasteiger partial charge in [-0.25, -0.2) is 9.59 Å². The Kier molecular flexibility index (Phi) is 7.38. The Labute approximate surface area is 186 Å². The molecule has 0 saturated carbocycles. The van der Waals surface area contributed by atoms with E-state index in [9.17, 15) is 9.59 Å². The Bertz CT molecular complexity index is 954. The molecule has 1 aliphatic rings. The van der Waals surface area contributed by atoms with Gasteiger partial charge in [0.15, 0.2) is 0 Å². The van der Waals surface area contributed by atoms with Gasteiger partial charge in [0.05, 0.1) is 39.6 Å². The summed E-state index contributed by atoms with van der Waals surface area (Å²) in [5.74, 6) is 0.475. The van der Waals surface area contributed by atoms with E-state index in [2.05, 4.69) is 10.6 Å². The second-order valence-corrected chi connectivity index (χ2v) is 6.96. The van der Waals surface area contributed by atoms with Gasteiger partial charge in [0, 0.05) is 35.6 Å². The monoisotopic (exact) mass is 438 g/mol. The highest BCUT2D eigenvalue weighted by Gasteiger charge is 2.29. The van der Waals surface area contributed by atoms with Crippen LogP contribution in [0.3, 0.4) is 0 Å². The molecule has 0 heterocycles. The summed E-state index contributed by atoms with van der Waals surface area (Å²) in [6.45, 7) is 0. The van der Waals surface area contributed by atoms with Crippen molar-refractivity contribution in [3.05, 3.63) is 71.1 Å². The van der Waals surface area contributed by atoms with Gasteiger partial charge < -0.3 is 29.6 Å². The average Bonchev–Trinajstić information content (AvgIpc) is 2.84. The summed E-state index contributed by atoms with van der Waals surface area (Å²) >= 11 is 0. The Morgan fingerprint density at radius 3 is 1.25 bits per heavy atom. The zero-order valence-electron chi connectivity index (χ0n) is 18.5. The fourth-order valence-electron chi connectivity index (χ4n) is 3.35. The summed E-state index contributed by atoms with van der Waals surface area (Å²) in [4.78, 5) is 25.1. The lowest BCUT2D eigenvalue weighted by Crippen LogP contribution is -2.24. The Balaban J connectivity index is 1.94. The molecule has 2 aromatic rings. The summed E-state index contributed by atoms with van der Waals surface area (Å²) < 4.78 is 20.4. The molecule has 2 N–H and O–H groups in total. The third-order valence-corrected chi connectivity index (χ3v) is 5.07. The van der Waals surface area contributed by atoms with Crippen molar-refractivity contribution in [3.63, 3.8) is 0 Å². The quantitative estimate of drug-likeness (QED) is 0.600. The van der Waals surface area contributed by atoms with Crippen LogP contribution in [0.15, 0.2) is 71.1 Å². The molecule has 2 aromatic carbocycles. The molecule has 1 aliphatic carbocycles. The van der Waals surface area contributed by atoms with Gasteiger partial charge in [-0.15, -0.1) is 0 Å². The lowest BCUT2D eigenvalue weighted by Gasteiger charge is -2.25. The zero-order chi connectivity index (χ0) is 23.1. The fourth-order valence-corrected chi connectivity index (χ4v) is 3.35. The number of allylic oxidation sites excluding steroid dienone is 2. The van der Waals surface area contributed by atoms with Gasteiger partial charge >= 0.3 is 11.9 Å². The van der Waals surface area contributed by atoms with Crippen LogP contribution in [0.4, 0.5) is 11.4 Å². The molecule has 0 aliphatic heterocycles. The van der Waals surface area contributed by atoms with Crippen molar-refractivity contribution in [2.24, 2.45) is 0 Å². The minimum atomic E-state index is -0.473. The van der Waals surface area contributed by atoms with Gasteiger partial charge in [-0.3, -0.25) is 0 Å². The molecule has 0 fully saturated rings. The maximum atomic E-state index is 12.6. The molecule has 0 radical (unpaired) electrons. The molecule has 8 nitrogen and oxygen atoms in total. The SMILES string of the molecule is COC(=O)C1=C(Nc2ccc(OC)cc2)CC(C(=O)OC)=C(Nc2ccc(OC)cc2)C1. The highest BCUT2D eigenvalue weighted by atomic mass is 16.5. The van der Waals surface area contributed by atoms with Crippen molar-refractivity contribution in [1.29, 1.82) is 0 Å². The molecule has 0 aromatic heterocycles. The van der Waals surface area contributed by atoms with E-state index in [0.29, 0.717) is 34.0 Å². The summed E-state index contributed by atoms with van der Waals surface area (Å²) in [5.41, 5.74) is 3.49. The number of nitrogens with one attached hydrogen (secondary N) is 2. The number of rotatable bonds is 8. The summed E-state index contributed by atoms with van der Waals surface area (Å²) in [5, 5.41) is 6.49. The molecule has 0 bridgehead atoms. The van der Waals surface area contributed by atoms with Crippen molar-refractivity contribution < 1.29 is 28.5 Å². The number of hydrogen-bond donors (Lipinski definition) is 2. The molecule has 0 saturated heterocycles. The van der Waals surface area contributed by atoms with Crippen molar-refractivity contribution in [2.75, 3.05) is 39.1 Å². The van der Waals surface area contributed by atoms with Crippen LogP contribution in [-0.4, -0.2) is 40.4 Å². The highest BCUT2D eigenvalue weighted by molar-refractivity contribution is 5.96. The highest BCUT2D eigenvalue weighted by Crippen LogP contribution is 2.33. The summed E-state index contributed by atoms with van der Waals surface area (Å²) in [6.07, 6.45) is 0.337. The molecular weight excluding hydrogens is 412 g/mol. The van der Waals surface area contributed by atoms with Crippen LogP contribution in [-0.2, 0) is 19.1 Å². The van der Waals surface area contributed by atoms with E-state index in [0.717, 1.165) is 11.4 Å². The van der Waals surface area contributed by atoms with Gasteiger partial charge in [-0.2, -0.15) is 0 Å². The molecule has 0 amide bonds. The smallest absolute Gasteiger partial charge is 0.335 e. The van der Waals surface area contributed by atoms with Crippen LogP contribution < -0.4 is 20.1 Å². The van der Waals surface area contributed by atoms with Crippen molar-refractivity contribution in [2.45, 2.75) is 12.8 Å². The van der Waals surface area contributed by atoms with Crippen molar-refractivity contribution in [3.8, 4) is 11.5 Å². The van der Waals surface area contributed by atoms with E-state index >= 15 is 0 Å². The van der Waals surface area contributed by atoms with Gasteiger partial charge in [-0.1, -0.05) is 0 Å². The minimum Gasteiger partial charge on any atom is -0.497 e. The third kappa shape index (κ3) is 5.21. The number of carbonyl (C=O) groups excluding carboxylic acids is 2. The van der Waals surface area contributed by atoms with Crippen LogP contribution in [0.1, 0.15) is 12.8 Å². The molecule has 32 heavy (non-hydrogen) atoms. The third-order valence-electron chi connectivity index (χ3n) is 5.07. The molecule has 0 spiro atoms. The average molecular weight is 438 g/mol. The maximum absolute atomic E-state index is 12.6. The number of benzene rings is 2. The molecule has 3 rings (SSSR count). The largest absolute Gasteiger partial charge is 0.497 e. The number of methoxy groups -OCH3 is 4. The lowest BCUT2D eigenvalue weighted by atomic mass is 9.92. The van der Waals surface area contributed by atoms with Crippen LogP contribution >= 0.6 is 0 Å². The number of esters is 2. The molecule has 8 heteroatoms. The van der Waals surface area contributed by atoms with Gasteiger partial charge in [0.1, 0.15) is 11.5 Å². The first-order valence-corrected chi connectivity index (χ1v) is 9.91. The predicted molar refractivity (Wildman–Crippen MR) is 121 cm³/mol. The first-order chi connectivity index (χ1) is 15.5. The van der Waals surface area contributed by atoms with Gasteiger partial charge in [0.2, 0.25) is 0 Å². The van der Waals surface area contributed by atoms with Crippen LogP contribution in [0.5, 0.6) is 11.5 Å². The molecule has 0 unspecified atom stereocenters. The van der Waals surface area contributed by atoms with E-state index < -0.39 is 11.9 Å². The van der Waals surface area contributed by atoms with E-state index in [1.165, 1.54) is 14.2 Å². The van der Waals surface area contributed by atoms with E-state index in [4.69, 9.17) is 18.9 Å². The van der Waals surface area contributed by atoms with E-state index in [-0.39, 0.29) is 12.8 Å². The standard InChI is InChI=1S/C24H26N2O6/c1-29-17-9-5-15(6-10-17)25-21-13-20(24(28)32-4)22(14-19(21)23(27)31-3)26-16-7-11-18(30-2)12-8-16/h5-12,25-26H,13-14H2,1-4H3. The Morgan fingerprint density at radius 1 is 0.625 bits per heavy atom. The van der Waals surface area contributed by atoms with E-state index in [1.807, 2.05) is 24.3 Å². The first-order valence-electron chi connectivity index (χ1n) is 9.91. The molecule has 0 atom stereocenters. The second-order valence-electron chi connectivity index (χ2n) is 6.96. The normalized spacial score (nSPS) is 13.4. The molecule has 168 valence electrons. The topological polar surface area (TPSA) is 95.1 Å². The Hall–Kier alpha value is -3.94. The number of anilines is 2. The van der Waals surface area contributed by atoms with Crippen LogP contribution in [0.25, 0.3) is 0 Å². The first kappa shape index (κ1) is 22.7. The fraction of sp³-hybridized carbons (Fsp3) is 0.250. The maximum Gasteiger partial charge on any atom is 0.335 e.